The van der Waals surface area contributed by atoms with Crippen LogP contribution in [0.3, 0.4) is 0 Å². The van der Waals surface area contributed by atoms with E-state index >= 15 is 0 Å². The van der Waals surface area contributed by atoms with E-state index in [1.165, 1.54) is 44.1 Å². The van der Waals surface area contributed by atoms with Gasteiger partial charge in [0.15, 0.2) is 0 Å². The first kappa shape index (κ1) is 16.9. The highest BCUT2D eigenvalue weighted by Gasteiger charge is 2.32. The summed E-state index contributed by atoms with van der Waals surface area (Å²) < 4.78 is 6.16. The summed E-state index contributed by atoms with van der Waals surface area (Å²) in [7, 11) is 0. The molecule has 128 valence electrons. The van der Waals surface area contributed by atoms with Gasteiger partial charge in [0, 0.05) is 25.6 Å². The van der Waals surface area contributed by atoms with Crippen molar-refractivity contribution < 1.29 is 4.74 Å². The molecule has 1 aliphatic carbocycles. The molecule has 1 heterocycles. The van der Waals surface area contributed by atoms with E-state index in [1.54, 1.807) is 0 Å². The molecule has 0 bridgehead atoms. The second-order valence-electron chi connectivity index (χ2n) is 7.26. The van der Waals surface area contributed by atoms with Crippen molar-refractivity contribution in [1.82, 2.24) is 4.90 Å². The molecule has 3 nitrogen and oxygen atoms in total. The van der Waals surface area contributed by atoms with Gasteiger partial charge in [0.1, 0.15) is 0 Å². The third-order valence-corrected chi connectivity index (χ3v) is 5.61. The average molecular weight is 316 g/mol. The van der Waals surface area contributed by atoms with Crippen LogP contribution in [-0.2, 0) is 4.74 Å². The van der Waals surface area contributed by atoms with Crippen molar-refractivity contribution in [3.05, 3.63) is 35.9 Å². The van der Waals surface area contributed by atoms with Crippen LogP contribution in [-0.4, -0.2) is 43.8 Å². The molecular formula is C20H32N2O. The van der Waals surface area contributed by atoms with Gasteiger partial charge in [-0.2, -0.15) is 0 Å². The summed E-state index contributed by atoms with van der Waals surface area (Å²) >= 11 is 0. The molecule has 2 atom stereocenters. The number of hydrogen-bond donors (Lipinski definition) is 1. The minimum Gasteiger partial charge on any atom is -0.377 e. The SMILES string of the molecule is NC[C@@H]1CN(CCOC2CCCCCC2)C[C@H]1c1ccccc1. The van der Waals surface area contributed by atoms with Crippen LogP contribution >= 0.6 is 0 Å². The van der Waals surface area contributed by atoms with Crippen LogP contribution in [0, 0.1) is 5.92 Å². The number of nitrogens with two attached hydrogens (primary N) is 1. The molecule has 0 radical (unpaired) electrons. The molecule has 2 aliphatic rings. The minimum atomic E-state index is 0.510. The Balaban J connectivity index is 1.46. The first-order valence-corrected chi connectivity index (χ1v) is 9.46. The highest BCUT2D eigenvalue weighted by atomic mass is 16.5. The van der Waals surface area contributed by atoms with Gasteiger partial charge in [-0.05, 0) is 30.9 Å². The second kappa shape index (κ2) is 8.81. The molecule has 0 unspecified atom stereocenters. The predicted octanol–water partition coefficient (Wildman–Crippen LogP) is 3.40. The zero-order chi connectivity index (χ0) is 15.9. The lowest BCUT2D eigenvalue weighted by atomic mass is 9.89. The number of hydrogen-bond acceptors (Lipinski definition) is 3. The third-order valence-electron chi connectivity index (χ3n) is 5.61. The van der Waals surface area contributed by atoms with E-state index in [9.17, 15) is 0 Å². The molecule has 1 aromatic carbocycles. The van der Waals surface area contributed by atoms with Crippen LogP contribution in [0.4, 0.5) is 0 Å². The van der Waals surface area contributed by atoms with Gasteiger partial charge >= 0.3 is 0 Å². The summed E-state index contributed by atoms with van der Waals surface area (Å²) in [6.07, 6.45) is 8.51. The number of benzene rings is 1. The van der Waals surface area contributed by atoms with E-state index in [2.05, 4.69) is 35.2 Å². The molecule has 1 saturated heterocycles. The fourth-order valence-corrected chi connectivity index (χ4v) is 4.22. The third kappa shape index (κ3) is 4.79. The van der Waals surface area contributed by atoms with Crippen molar-refractivity contribution in [1.29, 1.82) is 0 Å². The van der Waals surface area contributed by atoms with Crippen LogP contribution in [0.15, 0.2) is 30.3 Å². The van der Waals surface area contributed by atoms with Gasteiger partial charge in [0.05, 0.1) is 12.7 Å². The van der Waals surface area contributed by atoms with Gasteiger partial charge in [-0.15, -0.1) is 0 Å². The molecule has 1 aromatic rings. The van der Waals surface area contributed by atoms with Gasteiger partial charge < -0.3 is 15.4 Å². The molecule has 3 rings (SSSR count). The zero-order valence-corrected chi connectivity index (χ0v) is 14.3. The maximum absolute atomic E-state index is 6.16. The van der Waals surface area contributed by atoms with E-state index in [0.29, 0.717) is 17.9 Å². The first-order chi connectivity index (χ1) is 11.4. The number of likely N-dealkylation sites (tertiary alicyclic amines) is 1. The molecule has 2 N–H and O–H groups in total. The van der Waals surface area contributed by atoms with Crippen molar-refractivity contribution in [3.8, 4) is 0 Å². The Morgan fingerprint density at radius 2 is 1.74 bits per heavy atom. The fraction of sp³-hybridized carbons (Fsp3) is 0.700. The van der Waals surface area contributed by atoms with E-state index in [-0.39, 0.29) is 0 Å². The van der Waals surface area contributed by atoms with Crippen LogP contribution in [0.5, 0.6) is 0 Å². The van der Waals surface area contributed by atoms with Crippen LogP contribution in [0.1, 0.15) is 50.0 Å². The van der Waals surface area contributed by atoms with E-state index in [4.69, 9.17) is 10.5 Å². The van der Waals surface area contributed by atoms with Gasteiger partial charge in [0.2, 0.25) is 0 Å². The summed E-state index contributed by atoms with van der Waals surface area (Å²) in [5, 5.41) is 0. The Morgan fingerprint density at radius 1 is 1.00 bits per heavy atom. The Morgan fingerprint density at radius 3 is 2.43 bits per heavy atom. The summed E-state index contributed by atoms with van der Waals surface area (Å²) in [5.41, 5.74) is 7.47. The number of ether oxygens (including phenoxy) is 1. The van der Waals surface area contributed by atoms with E-state index < -0.39 is 0 Å². The van der Waals surface area contributed by atoms with Crippen molar-refractivity contribution in [2.45, 2.75) is 50.5 Å². The van der Waals surface area contributed by atoms with E-state index in [0.717, 1.165) is 32.8 Å². The smallest absolute Gasteiger partial charge is 0.0597 e. The van der Waals surface area contributed by atoms with Crippen molar-refractivity contribution in [3.63, 3.8) is 0 Å². The highest BCUT2D eigenvalue weighted by Crippen LogP contribution is 2.31. The summed E-state index contributed by atoms with van der Waals surface area (Å²) in [4.78, 5) is 2.55. The lowest BCUT2D eigenvalue weighted by molar-refractivity contribution is 0.0315. The largest absolute Gasteiger partial charge is 0.377 e. The average Bonchev–Trinajstić information content (AvgIpc) is 2.83. The zero-order valence-electron chi connectivity index (χ0n) is 14.3. The van der Waals surface area contributed by atoms with Crippen LogP contribution in [0.25, 0.3) is 0 Å². The van der Waals surface area contributed by atoms with Gasteiger partial charge in [-0.1, -0.05) is 56.0 Å². The van der Waals surface area contributed by atoms with Gasteiger partial charge in [0.25, 0.3) is 0 Å². The molecule has 0 aromatic heterocycles. The molecule has 1 aliphatic heterocycles. The molecule has 0 amide bonds. The minimum absolute atomic E-state index is 0.510. The maximum Gasteiger partial charge on any atom is 0.0597 e. The second-order valence-corrected chi connectivity index (χ2v) is 7.26. The predicted molar refractivity (Wildman–Crippen MR) is 95.6 cm³/mol. The van der Waals surface area contributed by atoms with Gasteiger partial charge in [-0.3, -0.25) is 0 Å². The highest BCUT2D eigenvalue weighted by molar-refractivity contribution is 5.22. The molecule has 1 saturated carbocycles. The lowest BCUT2D eigenvalue weighted by Crippen LogP contribution is -2.28. The quantitative estimate of drug-likeness (QED) is 0.818. The van der Waals surface area contributed by atoms with Crippen molar-refractivity contribution in [2.24, 2.45) is 11.7 Å². The van der Waals surface area contributed by atoms with Gasteiger partial charge in [-0.25, -0.2) is 0 Å². The Kier molecular flexibility index (Phi) is 6.49. The number of rotatable bonds is 6. The fourth-order valence-electron chi connectivity index (χ4n) is 4.22. The molecule has 2 fully saturated rings. The molecular weight excluding hydrogens is 284 g/mol. The molecule has 23 heavy (non-hydrogen) atoms. The Bertz CT molecular complexity index is 442. The maximum atomic E-state index is 6.16. The summed E-state index contributed by atoms with van der Waals surface area (Å²) in [5.74, 6) is 1.16. The lowest BCUT2D eigenvalue weighted by Gasteiger charge is -2.19. The topological polar surface area (TPSA) is 38.5 Å². The molecule has 0 spiro atoms. The molecule has 3 heteroatoms. The normalized spacial score (nSPS) is 27.2. The summed E-state index contributed by atoms with van der Waals surface area (Å²) in [6, 6.07) is 10.9. The number of nitrogens with zero attached hydrogens (tertiary/aromatic N) is 1. The standard InChI is InChI=1S/C20H32N2O/c21-14-18-15-22(16-20(18)17-8-4-3-5-9-17)12-13-23-19-10-6-1-2-7-11-19/h3-5,8-9,18-20H,1-2,6-7,10-16,21H2/t18-,20+/m1/s1. The Hall–Kier alpha value is -0.900. The monoisotopic (exact) mass is 316 g/mol. The van der Waals surface area contributed by atoms with E-state index in [1.807, 2.05) is 0 Å². The van der Waals surface area contributed by atoms with Crippen LogP contribution < -0.4 is 5.73 Å². The van der Waals surface area contributed by atoms with Crippen molar-refractivity contribution >= 4 is 0 Å². The van der Waals surface area contributed by atoms with Crippen LogP contribution in [0.2, 0.25) is 0 Å². The van der Waals surface area contributed by atoms with Crippen molar-refractivity contribution in [2.75, 3.05) is 32.8 Å². The first-order valence-electron chi connectivity index (χ1n) is 9.46. The summed E-state index contributed by atoms with van der Waals surface area (Å²) in [6.45, 7) is 4.95. The Labute approximate surface area is 141 Å².